The molecule has 0 bridgehead atoms. The molecular weight excluding hydrogens is 515 g/mol. The summed E-state index contributed by atoms with van der Waals surface area (Å²) in [6.07, 6.45) is 6.02. The van der Waals surface area contributed by atoms with Gasteiger partial charge in [-0.3, -0.25) is 9.59 Å². The molecule has 0 unspecified atom stereocenters. The van der Waals surface area contributed by atoms with E-state index >= 15 is 4.39 Å². The van der Waals surface area contributed by atoms with E-state index in [1.54, 1.807) is 23.1 Å². The lowest BCUT2D eigenvalue weighted by molar-refractivity contribution is -0.135. The van der Waals surface area contributed by atoms with Gasteiger partial charge in [0, 0.05) is 62.9 Å². The molecule has 2 aromatic rings. The molecule has 1 atom stereocenters. The Morgan fingerprint density at radius 2 is 1.72 bits per heavy atom. The lowest BCUT2D eigenvalue weighted by atomic mass is 9.62. The van der Waals surface area contributed by atoms with Crippen molar-refractivity contribution in [2.24, 2.45) is 10.8 Å². The molecule has 204 valence electrons. The van der Waals surface area contributed by atoms with Gasteiger partial charge in [-0.2, -0.15) is 5.26 Å². The van der Waals surface area contributed by atoms with Crippen LogP contribution >= 0.6 is 11.6 Å². The van der Waals surface area contributed by atoms with Crippen LogP contribution in [0, 0.1) is 28.0 Å². The van der Waals surface area contributed by atoms with Gasteiger partial charge in [-0.1, -0.05) is 11.6 Å². The predicted molar refractivity (Wildman–Crippen MR) is 150 cm³/mol. The molecule has 1 amide bonds. The van der Waals surface area contributed by atoms with Gasteiger partial charge < -0.3 is 14.7 Å². The second kappa shape index (κ2) is 9.82. The van der Waals surface area contributed by atoms with Crippen molar-refractivity contribution in [2.45, 2.75) is 57.9 Å². The normalized spacial score (nSPS) is 23.7. The fraction of sp³-hybridized carbons (Fsp3) is 0.516. The van der Waals surface area contributed by atoms with E-state index in [1.165, 1.54) is 6.07 Å². The number of carbonyl (C=O) groups excluding carboxylic acids is 2. The van der Waals surface area contributed by atoms with Crippen molar-refractivity contribution in [3.05, 3.63) is 58.4 Å². The summed E-state index contributed by atoms with van der Waals surface area (Å²) in [6.45, 7) is 5.96. The quantitative estimate of drug-likeness (QED) is 0.483. The highest BCUT2D eigenvalue weighted by Gasteiger charge is 2.46. The maximum atomic E-state index is 15.3. The number of hydrogen-bond donors (Lipinski definition) is 0. The summed E-state index contributed by atoms with van der Waals surface area (Å²) >= 11 is 6.31. The van der Waals surface area contributed by atoms with E-state index < -0.39 is 0 Å². The second-order valence-corrected chi connectivity index (χ2v) is 12.7. The van der Waals surface area contributed by atoms with Gasteiger partial charge >= 0.3 is 0 Å². The minimum Gasteiger partial charge on any atom is -0.369 e. The number of rotatable bonds is 3. The summed E-state index contributed by atoms with van der Waals surface area (Å²) in [7, 11) is 0. The number of nitrogens with zero attached hydrogens (tertiary/aromatic N) is 4. The molecule has 8 heteroatoms. The van der Waals surface area contributed by atoms with Gasteiger partial charge in [-0.05, 0) is 86.3 Å². The van der Waals surface area contributed by atoms with E-state index in [0.717, 1.165) is 57.4 Å². The molecule has 3 heterocycles. The van der Waals surface area contributed by atoms with Gasteiger partial charge in [0.15, 0.2) is 0 Å². The third-order valence-corrected chi connectivity index (χ3v) is 10.1. The third kappa shape index (κ3) is 4.78. The van der Waals surface area contributed by atoms with E-state index in [9.17, 15) is 14.9 Å². The first kappa shape index (κ1) is 26.1. The molecule has 4 fully saturated rings. The fourth-order valence-electron chi connectivity index (χ4n) is 7.42. The van der Waals surface area contributed by atoms with Gasteiger partial charge in [0.05, 0.1) is 16.3 Å². The van der Waals surface area contributed by atoms with Gasteiger partial charge in [0.2, 0.25) is 0 Å². The summed E-state index contributed by atoms with van der Waals surface area (Å²) in [4.78, 5) is 30.8. The lowest BCUT2D eigenvalue weighted by Crippen LogP contribution is -2.49. The highest BCUT2D eigenvalue weighted by molar-refractivity contribution is 6.32. The van der Waals surface area contributed by atoms with Crippen LogP contribution in [-0.4, -0.2) is 55.4 Å². The van der Waals surface area contributed by atoms with Crippen LogP contribution in [-0.2, 0) is 4.79 Å². The summed E-state index contributed by atoms with van der Waals surface area (Å²) in [5.41, 5.74) is 2.76. The topological polar surface area (TPSA) is 67.7 Å². The monoisotopic (exact) mass is 548 g/mol. The van der Waals surface area contributed by atoms with Gasteiger partial charge in [-0.15, -0.1) is 0 Å². The largest absolute Gasteiger partial charge is 0.369 e. The molecule has 0 radical (unpaired) electrons. The highest BCUT2D eigenvalue weighted by atomic mass is 35.5. The van der Waals surface area contributed by atoms with Crippen LogP contribution in [0.4, 0.5) is 15.8 Å². The van der Waals surface area contributed by atoms with E-state index in [-0.39, 0.29) is 22.6 Å². The van der Waals surface area contributed by atoms with Crippen LogP contribution in [0.3, 0.4) is 0 Å². The Bertz CT molecular complexity index is 1340. The fourth-order valence-corrected chi connectivity index (χ4v) is 7.64. The van der Waals surface area contributed by atoms with Crippen molar-refractivity contribution in [2.75, 3.05) is 42.5 Å². The zero-order valence-corrected chi connectivity index (χ0v) is 23.1. The Kier molecular flexibility index (Phi) is 6.58. The average molecular weight is 549 g/mol. The Labute approximate surface area is 234 Å². The van der Waals surface area contributed by atoms with Crippen molar-refractivity contribution >= 4 is 34.7 Å². The number of benzene rings is 2. The Balaban J connectivity index is 1.07. The summed E-state index contributed by atoms with van der Waals surface area (Å²) in [5, 5.41) is 9.67. The summed E-state index contributed by atoms with van der Waals surface area (Å²) in [5.74, 6) is -0.142. The highest BCUT2D eigenvalue weighted by Crippen LogP contribution is 2.47. The second-order valence-electron chi connectivity index (χ2n) is 12.3. The van der Waals surface area contributed by atoms with Gasteiger partial charge in [0.1, 0.15) is 17.7 Å². The number of Topliss-reactive ketones (excluding diaryl/α,β-unsaturated/α-hetero) is 1. The number of nitriles is 1. The van der Waals surface area contributed by atoms with Crippen LogP contribution in [0.1, 0.15) is 67.8 Å². The van der Waals surface area contributed by atoms with Gasteiger partial charge in [0.25, 0.3) is 5.91 Å². The standard InChI is InChI=1S/C31H34ClFN4O2/c1-21-16-31(20-37(21)24-4-2-23(19-34)26(32)15-24)8-10-35(11-9-31)28-5-3-22(14-27(28)33)29(39)36-12-6-30(7-13-36)17-25(38)18-30/h2-5,14-15,21H,6-13,16-18,20H2,1H3/t21-/m0/s1. The molecule has 1 aliphatic carbocycles. The number of anilines is 2. The smallest absolute Gasteiger partial charge is 0.253 e. The number of hydrogen-bond acceptors (Lipinski definition) is 5. The van der Waals surface area contributed by atoms with Crippen molar-refractivity contribution in [3.8, 4) is 6.07 Å². The van der Waals surface area contributed by atoms with Crippen LogP contribution in [0.5, 0.6) is 0 Å². The third-order valence-electron chi connectivity index (χ3n) is 9.79. The van der Waals surface area contributed by atoms with Crippen LogP contribution in [0.2, 0.25) is 5.02 Å². The molecule has 3 aliphatic heterocycles. The SMILES string of the molecule is C[C@H]1CC2(CCN(c3ccc(C(=O)N4CCC5(CC4)CC(=O)C5)cc3F)CC2)CN1c1ccc(C#N)c(Cl)c1. The van der Waals surface area contributed by atoms with Gasteiger partial charge in [-0.25, -0.2) is 4.39 Å². The van der Waals surface area contributed by atoms with Crippen LogP contribution in [0.15, 0.2) is 36.4 Å². The zero-order chi connectivity index (χ0) is 27.4. The molecule has 6 rings (SSSR count). The Morgan fingerprint density at radius 1 is 1.03 bits per heavy atom. The Hall–Kier alpha value is -3.11. The van der Waals surface area contributed by atoms with Crippen molar-refractivity contribution in [1.29, 1.82) is 5.26 Å². The lowest BCUT2D eigenvalue weighted by Gasteiger charge is -2.46. The molecule has 2 spiro atoms. The van der Waals surface area contributed by atoms with Crippen molar-refractivity contribution < 1.29 is 14.0 Å². The molecular formula is C31H34ClFN4O2. The molecule has 2 aromatic carbocycles. The zero-order valence-electron chi connectivity index (χ0n) is 22.4. The number of piperidine rings is 2. The summed E-state index contributed by atoms with van der Waals surface area (Å²) in [6, 6.07) is 13.0. The molecule has 4 aliphatic rings. The number of amides is 1. The van der Waals surface area contributed by atoms with Crippen molar-refractivity contribution in [1.82, 2.24) is 4.90 Å². The first-order valence-corrected chi connectivity index (χ1v) is 14.4. The molecule has 1 saturated carbocycles. The first-order chi connectivity index (χ1) is 18.7. The van der Waals surface area contributed by atoms with Crippen molar-refractivity contribution in [3.63, 3.8) is 0 Å². The molecule has 0 aromatic heterocycles. The summed E-state index contributed by atoms with van der Waals surface area (Å²) < 4.78 is 15.3. The van der Waals surface area contributed by atoms with E-state index in [2.05, 4.69) is 22.8 Å². The van der Waals surface area contributed by atoms with E-state index in [4.69, 9.17) is 11.6 Å². The minimum atomic E-state index is -0.344. The molecule has 6 nitrogen and oxygen atoms in total. The molecule has 39 heavy (non-hydrogen) atoms. The maximum Gasteiger partial charge on any atom is 0.253 e. The number of halogens is 2. The first-order valence-electron chi connectivity index (χ1n) is 14.0. The molecule has 0 N–H and O–H groups in total. The number of likely N-dealkylation sites (tertiary alicyclic amines) is 1. The van der Waals surface area contributed by atoms with Crippen LogP contribution in [0.25, 0.3) is 0 Å². The Morgan fingerprint density at radius 3 is 2.33 bits per heavy atom. The van der Waals surface area contributed by atoms with E-state index in [1.807, 2.05) is 12.1 Å². The average Bonchev–Trinajstić information content (AvgIpc) is 3.23. The minimum absolute atomic E-state index is 0.109. The number of carbonyl (C=O) groups is 2. The predicted octanol–water partition coefficient (Wildman–Crippen LogP) is 5.82. The van der Waals surface area contributed by atoms with Crippen LogP contribution < -0.4 is 9.80 Å². The molecule has 3 saturated heterocycles. The number of ketones is 1. The van der Waals surface area contributed by atoms with E-state index in [0.29, 0.717) is 59.6 Å². The maximum absolute atomic E-state index is 15.3.